The minimum atomic E-state index is -1.02. The summed E-state index contributed by atoms with van der Waals surface area (Å²) in [6.07, 6.45) is 0. The summed E-state index contributed by atoms with van der Waals surface area (Å²) < 4.78 is 5.07. The van der Waals surface area contributed by atoms with Crippen molar-refractivity contribution in [3.63, 3.8) is 0 Å². The number of carboxylic acid groups (broad SMARTS) is 1. The van der Waals surface area contributed by atoms with Crippen molar-refractivity contribution in [3.05, 3.63) is 64.2 Å². The number of likely N-dealkylation sites (N-methyl/N-ethyl adjacent to an activating group) is 1. The van der Waals surface area contributed by atoms with Crippen LogP contribution in [0.4, 0.5) is 11.4 Å². The van der Waals surface area contributed by atoms with Crippen LogP contribution in [0, 0.1) is 10.1 Å². The maximum atomic E-state index is 11.7. The van der Waals surface area contributed by atoms with Gasteiger partial charge >= 0.3 is 5.97 Å². The van der Waals surface area contributed by atoms with Crippen molar-refractivity contribution < 1.29 is 19.6 Å². The summed E-state index contributed by atoms with van der Waals surface area (Å²) in [5.41, 5.74) is 1.11. The van der Waals surface area contributed by atoms with Gasteiger partial charge in [0.1, 0.15) is 5.75 Å². The number of nitrogens with zero attached hydrogens (tertiary/aromatic N) is 2. The molecule has 7 heteroatoms. The van der Waals surface area contributed by atoms with E-state index in [1.807, 2.05) is 0 Å². The first-order chi connectivity index (χ1) is 10.9. The van der Waals surface area contributed by atoms with Gasteiger partial charge in [0.05, 0.1) is 12.0 Å². The molecular formula is C16H16N2O5. The first-order valence-electron chi connectivity index (χ1n) is 6.78. The lowest BCUT2D eigenvalue weighted by Gasteiger charge is -2.27. The van der Waals surface area contributed by atoms with Crippen LogP contribution in [0.5, 0.6) is 5.75 Å². The predicted molar refractivity (Wildman–Crippen MR) is 84.9 cm³/mol. The Hall–Kier alpha value is -3.09. The third-order valence-electron chi connectivity index (χ3n) is 3.52. The molecule has 0 amide bonds. The highest BCUT2D eigenvalue weighted by Gasteiger charge is 2.25. The quantitative estimate of drug-likeness (QED) is 0.650. The number of rotatable bonds is 6. The number of hydrogen-bond donors (Lipinski definition) is 1. The zero-order chi connectivity index (χ0) is 17.0. The fraction of sp³-hybridized carbons (Fsp3) is 0.188. The van der Waals surface area contributed by atoms with Crippen molar-refractivity contribution >= 4 is 17.3 Å². The van der Waals surface area contributed by atoms with Crippen molar-refractivity contribution in [3.8, 4) is 5.75 Å². The molecule has 1 N–H and O–H groups in total. The topological polar surface area (TPSA) is 92.9 Å². The van der Waals surface area contributed by atoms with Gasteiger partial charge in [0.25, 0.3) is 5.69 Å². The van der Waals surface area contributed by atoms with E-state index in [0.717, 1.165) is 0 Å². The van der Waals surface area contributed by atoms with Crippen LogP contribution in [-0.2, 0) is 4.79 Å². The molecule has 0 spiro atoms. The van der Waals surface area contributed by atoms with E-state index in [4.69, 9.17) is 4.74 Å². The highest BCUT2D eigenvalue weighted by molar-refractivity contribution is 5.80. The standard InChI is InChI=1S/C16H16N2O5/c1-17(12-5-7-13(8-6-12)18(21)22)15(16(19)20)11-3-9-14(23-2)10-4-11/h3-10,15H,1-2H3,(H,19,20). The molecule has 0 fully saturated rings. The van der Waals surface area contributed by atoms with Crippen LogP contribution in [0.25, 0.3) is 0 Å². The van der Waals surface area contributed by atoms with Crippen molar-refractivity contribution in [2.24, 2.45) is 0 Å². The van der Waals surface area contributed by atoms with E-state index < -0.39 is 16.9 Å². The molecule has 0 heterocycles. The molecule has 2 aromatic carbocycles. The van der Waals surface area contributed by atoms with Crippen molar-refractivity contribution in [1.29, 1.82) is 0 Å². The Bertz CT molecular complexity index is 697. The van der Waals surface area contributed by atoms with Crippen LogP contribution < -0.4 is 9.64 Å². The Balaban J connectivity index is 2.32. The first kappa shape index (κ1) is 16.3. The molecule has 1 unspecified atom stereocenters. The second-order valence-electron chi connectivity index (χ2n) is 4.90. The van der Waals surface area contributed by atoms with Crippen LogP contribution in [-0.4, -0.2) is 30.2 Å². The molecule has 120 valence electrons. The van der Waals surface area contributed by atoms with Crippen LogP contribution in [0.1, 0.15) is 11.6 Å². The molecule has 1 atom stereocenters. The fourth-order valence-corrected chi connectivity index (χ4v) is 2.28. The summed E-state index contributed by atoms with van der Waals surface area (Å²) in [6.45, 7) is 0. The van der Waals surface area contributed by atoms with Gasteiger partial charge in [-0.05, 0) is 29.8 Å². The van der Waals surface area contributed by atoms with Crippen molar-refractivity contribution in [2.75, 3.05) is 19.1 Å². The number of ether oxygens (including phenoxy) is 1. The van der Waals surface area contributed by atoms with Gasteiger partial charge in [0.2, 0.25) is 0 Å². The molecule has 0 bridgehead atoms. The molecule has 0 radical (unpaired) electrons. The largest absolute Gasteiger partial charge is 0.497 e. The monoisotopic (exact) mass is 316 g/mol. The summed E-state index contributed by atoms with van der Waals surface area (Å²) in [5, 5.41) is 20.2. The highest BCUT2D eigenvalue weighted by Crippen LogP contribution is 2.28. The second kappa shape index (κ2) is 6.78. The highest BCUT2D eigenvalue weighted by atomic mass is 16.6. The van der Waals surface area contributed by atoms with Crippen molar-refractivity contribution in [2.45, 2.75) is 6.04 Å². The summed E-state index contributed by atoms with van der Waals surface area (Å²) in [7, 11) is 3.16. The van der Waals surface area contributed by atoms with Gasteiger partial charge in [0, 0.05) is 24.9 Å². The summed E-state index contributed by atoms with van der Waals surface area (Å²) in [4.78, 5) is 23.4. The molecule has 0 aromatic heterocycles. The van der Waals surface area contributed by atoms with Gasteiger partial charge < -0.3 is 14.7 Å². The fourth-order valence-electron chi connectivity index (χ4n) is 2.28. The third-order valence-corrected chi connectivity index (χ3v) is 3.52. The van der Waals surface area contributed by atoms with Gasteiger partial charge in [-0.25, -0.2) is 4.79 Å². The van der Waals surface area contributed by atoms with E-state index >= 15 is 0 Å². The van der Waals surface area contributed by atoms with Crippen LogP contribution in [0.15, 0.2) is 48.5 Å². The number of anilines is 1. The van der Waals surface area contributed by atoms with E-state index in [1.165, 1.54) is 31.4 Å². The molecule has 23 heavy (non-hydrogen) atoms. The maximum absolute atomic E-state index is 11.7. The number of nitro benzene ring substituents is 1. The number of carboxylic acids is 1. The number of methoxy groups -OCH3 is 1. The van der Waals surface area contributed by atoms with Crippen LogP contribution in [0.2, 0.25) is 0 Å². The molecular weight excluding hydrogens is 300 g/mol. The molecule has 0 aliphatic carbocycles. The lowest BCUT2D eigenvalue weighted by atomic mass is 10.0. The van der Waals surface area contributed by atoms with Gasteiger partial charge in [-0.2, -0.15) is 0 Å². The minimum absolute atomic E-state index is 0.0431. The number of hydrogen-bond acceptors (Lipinski definition) is 5. The van der Waals surface area contributed by atoms with Gasteiger partial charge in [-0.15, -0.1) is 0 Å². The number of nitro groups is 1. The van der Waals surface area contributed by atoms with Crippen LogP contribution >= 0.6 is 0 Å². The van der Waals surface area contributed by atoms with Gasteiger partial charge in [-0.3, -0.25) is 10.1 Å². The van der Waals surface area contributed by atoms with E-state index in [-0.39, 0.29) is 5.69 Å². The molecule has 7 nitrogen and oxygen atoms in total. The van der Waals surface area contributed by atoms with E-state index in [0.29, 0.717) is 17.0 Å². The van der Waals surface area contributed by atoms with E-state index in [1.54, 1.807) is 36.2 Å². The SMILES string of the molecule is COc1ccc(C(C(=O)O)N(C)c2ccc([N+](=O)[O-])cc2)cc1. The minimum Gasteiger partial charge on any atom is -0.497 e. The van der Waals surface area contributed by atoms with Crippen molar-refractivity contribution in [1.82, 2.24) is 0 Å². The van der Waals surface area contributed by atoms with Crippen LogP contribution in [0.3, 0.4) is 0 Å². The summed E-state index contributed by atoms with van der Waals surface area (Å²) in [6, 6.07) is 11.6. The lowest BCUT2D eigenvalue weighted by molar-refractivity contribution is -0.384. The Morgan fingerprint density at radius 1 is 1.17 bits per heavy atom. The molecule has 0 aliphatic rings. The zero-order valence-corrected chi connectivity index (χ0v) is 12.7. The summed E-state index contributed by atoms with van der Waals surface area (Å²) in [5.74, 6) is -0.383. The second-order valence-corrected chi connectivity index (χ2v) is 4.90. The number of non-ortho nitro benzene ring substituents is 1. The predicted octanol–water partition coefficient (Wildman–Crippen LogP) is 2.87. The number of carbonyl (C=O) groups is 1. The lowest BCUT2D eigenvalue weighted by Crippen LogP contribution is -2.30. The number of benzene rings is 2. The Kier molecular flexibility index (Phi) is 4.80. The van der Waals surface area contributed by atoms with E-state index in [2.05, 4.69) is 0 Å². The molecule has 2 aromatic rings. The average molecular weight is 316 g/mol. The Morgan fingerprint density at radius 2 is 1.74 bits per heavy atom. The number of aliphatic carboxylic acids is 1. The molecule has 0 saturated carbocycles. The smallest absolute Gasteiger partial charge is 0.331 e. The maximum Gasteiger partial charge on any atom is 0.331 e. The first-order valence-corrected chi connectivity index (χ1v) is 6.78. The van der Waals surface area contributed by atoms with E-state index in [9.17, 15) is 20.0 Å². The Labute approximate surface area is 132 Å². The normalized spacial score (nSPS) is 11.6. The average Bonchev–Trinajstić information content (AvgIpc) is 2.55. The summed E-state index contributed by atoms with van der Waals surface area (Å²) >= 11 is 0. The molecule has 0 aliphatic heterocycles. The molecule has 0 saturated heterocycles. The van der Waals surface area contributed by atoms with Gasteiger partial charge in [0.15, 0.2) is 6.04 Å². The zero-order valence-electron chi connectivity index (χ0n) is 12.7. The van der Waals surface area contributed by atoms with Gasteiger partial charge in [-0.1, -0.05) is 12.1 Å². The molecule has 2 rings (SSSR count). The Morgan fingerprint density at radius 3 is 2.17 bits per heavy atom. The third kappa shape index (κ3) is 3.57.